The molecule has 6 heteroatoms. The molecular formula is C13H14N4O2. The first-order chi connectivity index (χ1) is 9.06. The van der Waals surface area contributed by atoms with Crippen molar-refractivity contribution < 1.29 is 9.21 Å². The lowest BCUT2D eigenvalue weighted by atomic mass is 10.2. The smallest absolute Gasteiger partial charge is 0.284 e. The van der Waals surface area contributed by atoms with Crippen molar-refractivity contribution >= 4 is 27.8 Å². The van der Waals surface area contributed by atoms with E-state index in [1.807, 2.05) is 23.7 Å². The first kappa shape index (κ1) is 11.7. The lowest BCUT2D eigenvalue weighted by molar-refractivity contribution is 0.0976. The third kappa shape index (κ3) is 1.86. The number of furan rings is 1. The normalized spacial score (nSPS) is 13.2. The summed E-state index contributed by atoms with van der Waals surface area (Å²) in [5.74, 6) is -0.432. The summed E-state index contributed by atoms with van der Waals surface area (Å²) in [5.41, 5.74) is 12.6. The lowest BCUT2D eigenvalue weighted by Crippen LogP contribution is -2.22. The number of amides is 1. The average molecular weight is 258 g/mol. The maximum Gasteiger partial charge on any atom is 0.284 e. The lowest BCUT2D eigenvalue weighted by Gasteiger charge is -2.06. The van der Waals surface area contributed by atoms with E-state index in [1.54, 1.807) is 12.3 Å². The Morgan fingerprint density at radius 1 is 1.53 bits per heavy atom. The minimum Gasteiger partial charge on any atom is -0.451 e. The fraction of sp³-hybridized carbons (Fsp3) is 0.231. The largest absolute Gasteiger partial charge is 0.451 e. The van der Waals surface area contributed by atoms with Crippen LogP contribution in [-0.4, -0.2) is 21.7 Å². The molecule has 0 bridgehead atoms. The zero-order valence-corrected chi connectivity index (χ0v) is 10.5. The zero-order valence-electron chi connectivity index (χ0n) is 10.5. The van der Waals surface area contributed by atoms with Gasteiger partial charge in [0, 0.05) is 16.8 Å². The van der Waals surface area contributed by atoms with Crippen molar-refractivity contribution in [3.05, 3.63) is 30.2 Å². The quantitative estimate of drug-likeness (QED) is 0.737. The van der Waals surface area contributed by atoms with E-state index in [4.69, 9.17) is 15.9 Å². The highest BCUT2D eigenvalue weighted by atomic mass is 16.3. The summed E-state index contributed by atoms with van der Waals surface area (Å²) in [7, 11) is 0. The molecule has 2 heterocycles. The maximum absolute atomic E-state index is 11.2. The topological polar surface area (TPSA) is 100 Å². The van der Waals surface area contributed by atoms with Gasteiger partial charge < -0.3 is 15.9 Å². The number of carbonyl (C=O) groups excluding carboxylic acids is 1. The van der Waals surface area contributed by atoms with Crippen LogP contribution in [-0.2, 0) is 6.54 Å². The van der Waals surface area contributed by atoms with Crippen LogP contribution in [0.3, 0.4) is 0 Å². The van der Waals surface area contributed by atoms with Crippen LogP contribution in [0.2, 0.25) is 0 Å². The minimum atomic E-state index is -0.581. The summed E-state index contributed by atoms with van der Waals surface area (Å²) in [6.45, 7) is 2.51. The molecule has 1 aromatic carbocycles. The third-order valence-corrected chi connectivity index (χ3v) is 3.00. The molecular weight excluding hydrogens is 244 g/mol. The first-order valence-corrected chi connectivity index (χ1v) is 5.99. The molecule has 0 unspecified atom stereocenters. The van der Waals surface area contributed by atoms with E-state index >= 15 is 0 Å². The fourth-order valence-electron chi connectivity index (χ4n) is 2.23. The SMILES string of the molecule is C[C@H](N)Cn1ncc2ccc3oc(C(N)=O)cc3c21. The number of nitrogens with two attached hydrogens (primary N) is 2. The van der Waals surface area contributed by atoms with Crippen molar-refractivity contribution in [2.75, 3.05) is 0 Å². The Bertz CT molecular complexity index is 769. The highest BCUT2D eigenvalue weighted by Crippen LogP contribution is 2.28. The Kier molecular flexibility index (Phi) is 2.53. The molecule has 19 heavy (non-hydrogen) atoms. The van der Waals surface area contributed by atoms with Crippen LogP contribution in [0.5, 0.6) is 0 Å². The molecule has 0 aliphatic heterocycles. The minimum absolute atomic E-state index is 0.0131. The molecule has 0 saturated carbocycles. The molecule has 2 aromatic heterocycles. The number of aromatic nitrogens is 2. The Balaban J connectivity index is 2.30. The summed E-state index contributed by atoms with van der Waals surface area (Å²) < 4.78 is 7.24. The van der Waals surface area contributed by atoms with E-state index in [0.717, 1.165) is 16.3 Å². The summed E-state index contributed by atoms with van der Waals surface area (Å²) in [6, 6.07) is 5.35. The van der Waals surface area contributed by atoms with Crippen molar-refractivity contribution in [1.29, 1.82) is 0 Å². The predicted molar refractivity (Wildman–Crippen MR) is 71.7 cm³/mol. The van der Waals surface area contributed by atoms with Gasteiger partial charge in [-0.3, -0.25) is 9.48 Å². The number of benzene rings is 1. The van der Waals surface area contributed by atoms with Gasteiger partial charge in [0.25, 0.3) is 5.91 Å². The highest BCUT2D eigenvalue weighted by molar-refractivity contribution is 6.06. The van der Waals surface area contributed by atoms with E-state index in [9.17, 15) is 4.79 Å². The van der Waals surface area contributed by atoms with Crippen LogP contribution in [0, 0.1) is 0 Å². The van der Waals surface area contributed by atoms with Crippen molar-refractivity contribution in [2.45, 2.75) is 19.5 Å². The van der Waals surface area contributed by atoms with Gasteiger partial charge in [-0.05, 0) is 25.1 Å². The Morgan fingerprint density at radius 3 is 3.00 bits per heavy atom. The number of carbonyl (C=O) groups is 1. The third-order valence-electron chi connectivity index (χ3n) is 3.00. The molecule has 0 saturated heterocycles. The molecule has 0 aliphatic rings. The van der Waals surface area contributed by atoms with E-state index in [2.05, 4.69) is 5.10 Å². The Hall–Kier alpha value is -2.34. The summed E-state index contributed by atoms with van der Waals surface area (Å²) in [5, 5.41) is 6.12. The molecule has 98 valence electrons. The monoisotopic (exact) mass is 258 g/mol. The summed E-state index contributed by atoms with van der Waals surface area (Å²) in [6.07, 6.45) is 1.77. The number of rotatable bonds is 3. The van der Waals surface area contributed by atoms with Crippen molar-refractivity contribution in [1.82, 2.24) is 9.78 Å². The summed E-state index contributed by atoms with van der Waals surface area (Å²) >= 11 is 0. The van der Waals surface area contributed by atoms with Gasteiger partial charge in [-0.25, -0.2) is 0 Å². The number of hydrogen-bond donors (Lipinski definition) is 2. The van der Waals surface area contributed by atoms with Crippen molar-refractivity contribution in [3.8, 4) is 0 Å². The van der Waals surface area contributed by atoms with Crippen LogP contribution in [0.1, 0.15) is 17.5 Å². The number of nitrogens with zero attached hydrogens (tertiary/aromatic N) is 2. The molecule has 0 spiro atoms. The van der Waals surface area contributed by atoms with Crippen LogP contribution >= 0.6 is 0 Å². The van der Waals surface area contributed by atoms with Crippen molar-refractivity contribution in [2.24, 2.45) is 11.5 Å². The van der Waals surface area contributed by atoms with Gasteiger partial charge in [0.05, 0.1) is 18.3 Å². The van der Waals surface area contributed by atoms with E-state index in [-0.39, 0.29) is 11.8 Å². The molecule has 3 rings (SSSR count). The van der Waals surface area contributed by atoms with Gasteiger partial charge in [-0.15, -0.1) is 0 Å². The highest BCUT2D eigenvalue weighted by Gasteiger charge is 2.14. The zero-order chi connectivity index (χ0) is 13.6. The van der Waals surface area contributed by atoms with Gasteiger partial charge >= 0.3 is 0 Å². The molecule has 1 atom stereocenters. The standard InChI is InChI=1S/C13H14N4O2/c1-7(14)6-17-12-8(5-16-17)2-3-10-9(12)4-11(19-10)13(15)18/h2-5,7H,6,14H2,1H3,(H2,15,18)/t7-/m0/s1. The molecule has 3 aromatic rings. The second kappa shape index (κ2) is 4.10. The Labute approximate surface area is 108 Å². The second-order valence-corrected chi connectivity index (χ2v) is 4.69. The maximum atomic E-state index is 11.2. The van der Waals surface area contributed by atoms with Crippen molar-refractivity contribution in [3.63, 3.8) is 0 Å². The number of fused-ring (bicyclic) bond motifs is 3. The molecule has 1 amide bonds. The predicted octanol–water partition coefficient (Wildman–Crippen LogP) is 1.23. The van der Waals surface area contributed by atoms with Gasteiger partial charge in [0.15, 0.2) is 5.76 Å². The van der Waals surface area contributed by atoms with E-state index in [1.165, 1.54) is 0 Å². The fourth-order valence-corrected chi connectivity index (χ4v) is 2.23. The van der Waals surface area contributed by atoms with Crippen LogP contribution in [0.15, 0.2) is 28.8 Å². The number of primary amides is 1. The average Bonchev–Trinajstić information content (AvgIpc) is 2.91. The molecule has 0 radical (unpaired) electrons. The van der Waals surface area contributed by atoms with Gasteiger partial charge in [0.2, 0.25) is 0 Å². The summed E-state index contributed by atoms with van der Waals surface area (Å²) in [4.78, 5) is 11.2. The van der Waals surface area contributed by atoms with Crippen LogP contribution in [0.4, 0.5) is 0 Å². The molecule has 6 nitrogen and oxygen atoms in total. The Morgan fingerprint density at radius 2 is 2.32 bits per heavy atom. The molecule has 4 N–H and O–H groups in total. The van der Waals surface area contributed by atoms with E-state index in [0.29, 0.717) is 12.1 Å². The van der Waals surface area contributed by atoms with Gasteiger partial charge in [-0.1, -0.05) is 0 Å². The molecule has 0 fully saturated rings. The first-order valence-electron chi connectivity index (χ1n) is 5.99. The van der Waals surface area contributed by atoms with Crippen LogP contribution in [0.25, 0.3) is 21.9 Å². The van der Waals surface area contributed by atoms with Gasteiger partial charge in [0.1, 0.15) is 5.58 Å². The van der Waals surface area contributed by atoms with E-state index < -0.39 is 5.91 Å². The van der Waals surface area contributed by atoms with Gasteiger partial charge in [-0.2, -0.15) is 5.10 Å². The number of hydrogen-bond acceptors (Lipinski definition) is 4. The second-order valence-electron chi connectivity index (χ2n) is 4.69. The molecule has 0 aliphatic carbocycles. The van der Waals surface area contributed by atoms with Crippen LogP contribution < -0.4 is 11.5 Å².